The van der Waals surface area contributed by atoms with E-state index in [4.69, 9.17) is 20.8 Å². The number of piperazine rings is 1. The minimum atomic E-state index is -0.374. The molecule has 2 aliphatic rings. The summed E-state index contributed by atoms with van der Waals surface area (Å²) >= 11 is 0. The van der Waals surface area contributed by atoms with Crippen molar-refractivity contribution in [2.24, 2.45) is 5.73 Å². The standard InChI is InChI=1S/C25H28N8O/c1-16(19-9-6-17-4-2-3-5-20(17)14-19)27-22-15-21(31-10-12-32(13-11-31)24(26)34)28-25-29-23(18-7-8-18)30-33(22)25/h2-6,9,14-16,18,27H,7-8,10-13H2,1H3,(H2,26,34)/t16-/m1/s1. The fourth-order valence-corrected chi connectivity index (χ4v) is 4.59. The second kappa shape index (κ2) is 8.16. The van der Waals surface area contributed by atoms with Crippen LogP contribution in [0.15, 0.2) is 48.5 Å². The first kappa shape index (κ1) is 20.7. The van der Waals surface area contributed by atoms with Gasteiger partial charge in [0.25, 0.3) is 5.78 Å². The predicted molar refractivity (Wildman–Crippen MR) is 132 cm³/mol. The number of hydrogen-bond donors (Lipinski definition) is 2. The maximum atomic E-state index is 11.5. The molecule has 0 unspecified atom stereocenters. The molecule has 0 bridgehead atoms. The Bertz CT molecular complexity index is 1370. The number of nitrogens with zero attached hydrogens (tertiary/aromatic N) is 6. The summed E-state index contributed by atoms with van der Waals surface area (Å²) in [5.74, 6) is 3.60. The van der Waals surface area contributed by atoms with E-state index in [0.29, 0.717) is 37.9 Å². The topological polar surface area (TPSA) is 105 Å². The molecule has 1 saturated heterocycles. The highest BCUT2D eigenvalue weighted by Crippen LogP contribution is 2.38. The number of hydrogen-bond acceptors (Lipinski definition) is 6. The summed E-state index contributed by atoms with van der Waals surface area (Å²) in [6, 6.07) is 16.7. The number of fused-ring (bicyclic) bond motifs is 2. The van der Waals surface area contributed by atoms with Gasteiger partial charge in [0.15, 0.2) is 5.82 Å². The van der Waals surface area contributed by atoms with Crippen LogP contribution in [-0.4, -0.2) is 56.7 Å². The van der Waals surface area contributed by atoms with Crippen molar-refractivity contribution in [3.8, 4) is 0 Å². The van der Waals surface area contributed by atoms with Gasteiger partial charge in [-0.15, -0.1) is 5.10 Å². The van der Waals surface area contributed by atoms with Crippen LogP contribution in [-0.2, 0) is 0 Å². The number of carbonyl (C=O) groups is 1. The lowest BCUT2D eigenvalue weighted by Gasteiger charge is -2.34. The van der Waals surface area contributed by atoms with Gasteiger partial charge >= 0.3 is 6.03 Å². The van der Waals surface area contributed by atoms with Crippen molar-refractivity contribution in [2.75, 3.05) is 36.4 Å². The van der Waals surface area contributed by atoms with Gasteiger partial charge in [0, 0.05) is 44.2 Å². The first-order chi connectivity index (χ1) is 16.5. The first-order valence-electron chi connectivity index (χ1n) is 11.9. The lowest BCUT2D eigenvalue weighted by Crippen LogP contribution is -2.50. The lowest BCUT2D eigenvalue weighted by molar-refractivity contribution is 0.204. The summed E-state index contributed by atoms with van der Waals surface area (Å²) in [6.07, 6.45) is 2.27. The molecule has 2 amide bonds. The zero-order chi connectivity index (χ0) is 23.2. The van der Waals surface area contributed by atoms with Crippen LogP contribution in [0.1, 0.15) is 43.1 Å². The monoisotopic (exact) mass is 456 g/mol. The molecule has 3 N–H and O–H groups in total. The number of nitrogens with one attached hydrogen (secondary N) is 1. The molecule has 0 radical (unpaired) electrons. The Kier molecular flexibility index (Phi) is 4.97. The van der Waals surface area contributed by atoms with Crippen molar-refractivity contribution in [2.45, 2.75) is 31.7 Å². The average Bonchev–Trinajstić information content (AvgIpc) is 3.62. The van der Waals surface area contributed by atoms with Gasteiger partial charge in [-0.1, -0.05) is 36.4 Å². The molecular weight excluding hydrogens is 428 g/mol. The van der Waals surface area contributed by atoms with Crippen LogP contribution < -0.4 is 16.0 Å². The number of anilines is 2. The molecule has 9 nitrogen and oxygen atoms in total. The molecule has 4 aromatic rings. The Balaban J connectivity index is 1.33. The van der Waals surface area contributed by atoms with E-state index in [-0.39, 0.29) is 12.1 Å². The van der Waals surface area contributed by atoms with Crippen molar-refractivity contribution in [1.82, 2.24) is 24.5 Å². The van der Waals surface area contributed by atoms with E-state index < -0.39 is 0 Å². The number of primary amides is 1. The van der Waals surface area contributed by atoms with Crippen LogP contribution in [0.4, 0.5) is 16.4 Å². The van der Waals surface area contributed by atoms with Gasteiger partial charge in [-0.3, -0.25) is 0 Å². The molecule has 0 spiro atoms. The maximum absolute atomic E-state index is 11.5. The molecular formula is C25H28N8O. The molecule has 1 atom stereocenters. The molecule has 3 heterocycles. The molecule has 6 rings (SSSR count). The SMILES string of the molecule is C[C@@H](Nc1cc(N2CCN(C(N)=O)CC2)nc2nc(C3CC3)nn12)c1ccc2ccccc2c1. The zero-order valence-corrected chi connectivity index (χ0v) is 19.2. The van der Waals surface area contributed by atoms with Crippen molar-refractivity contribution in [3.63, 3.8) is 0 Å². The largest absolute Gasteiger partial charge is 0.363 e. The van der Waals surface area contributed by atoms with Crippen molar-refractivity contribution < 1.29 is 4.79 Å². The van der Waals surface area contributed by atoms with E-state index in [0.717, 1.165) is 30.3 Å². The van der Waals surface area contributed by atoms with Crippen molar-refractivity contribution >= 4 is 34.2 Å². The average molecular weight is 457 g/mol. The summed E-state index contributed by atoms with van der Waals surface area (Å²) in [5.41, 5.74) is 6.65. The molecule has 1 aliphatic heterocycles. The summed E-state index contributed by atoms with van der Waals surface area (Å²) in [5, 5.41) is 10.9. The molecule has 2 fully saturated rings. The number of aromatic nitrogens is 4. The second-order valence-corrected chi connectivity index (χ2v) is 9.24. The third-order valence-corrected chi connectivity index (χ3v) is 6.81. The van der Waals surface area contributed by atoms with Gasteiger partial charge < -0.3 is 20.9 Å². The van der Waals surface area contributed by atoms with Gasteiger partial charge in [-0.2, -0.15) is 14.5 Å². The van der Waals surface area contributed by atoms with Crippen LogP contribution in [0.5, 0.6) is 0 Å². The van der Waals surface area contributed by atoms with Crippen LogP contribution in [0, 0.1) is 0 Å². The fourth-order valence-electron chi connectivity index (χ4n) is 4.59. The minimum Gasteiger partial charge on any atom is -0.363 e. The quantitative estimate of drug-likeness (QED) is 0.476. The zero-order valence-electron chi connectivity index (χ0n) is 19.2. The molecule has 1 aliphatic carbocycles. The Hall–Kier alpha value is -3.88. The van der Waals surface area contributed by atoms with Gasteiger partial charge in [-0.25, -0.2) is 4.79 Å². The maximum Gasteiger partial charge on any atom is 0.314 e. The number of carbonyl (C=O) groups excluding carboxylic acids is 1. The lowest BCUT2D eigenvalue weighted by atomic mass is 10.0. The smallest absolute Gasteiger partial charge is 0.314 e. The Morgan fingerprint density at radius 3 is 2.53 bits per heavy atom. The van der Waals surface area contributed by atoms with E-state index >= 15 is 0 Å². The highest BCUT2D eigenvalue weighted by atomic mass is 16.2. The van der Waals surface area contributed by atoms with Crippen LogP contribution >= 0.6 is 0 Å². The van der Waals surface area contributed by atoms with E-state index in [1.807, 2.05) is 10.6 Å². The van der Waals surface area contributed by atoms with Crippen molar-refractivity contribution in [3.05, 3.63) is 59.9 Å². The molecule has 2 aromatic carbocycles. The Labute approximate surface area is 197 Å². The van der Waals surface area contributed by atoms with E-state index in [2.05, 4.69) is 59.6 Å². The predicted octanol–water partition coefficient (Wildman–Crippen LogP) is 3.53. The highest BCUT2D eigenvalue weighted by Gasteiger charge is 2.29. The van der Waals surface area contributed by atoms with E-state index in [1.54, 1.807) is 4.90 Å². The normalized spacial score (nSPS) is 17.3. The molecule has 9 heteroatoms. The van der Waals surface area contributed by atoms with E-state index in [9.17, 15) is 4.79 Å². The highest BCUT2D eigenvalue weighted by molar-refractivity contribution is 5.83. The van der Waals surface area contributed by atoms with Crippen LogP contribution in [0.2, 0.25) is 0 Å². The number of urea groups is 1. The van der Waals surface area contributed by atoms with Crippen LogP contribution in [0.25, 0.3) is 16.6 Å². The molecule has 1 saturated carbocycles. The van der Waals surface area contributed by atoms with E-state index in [1.165, 1.54) is 16.3 Å². The summed E-state index contributed by atoms with van der Waals surface area (Å²) in [6.45, 7) is 4.67. The number of rotatable bonds is 5. The van der Waals surface area contributed by atoms with Gasteiger partial charge in [0.1, 0.15) is 11.6 Å². The molecule has 174 valence electrons. The van der Waals surface area contributed by atoms with Gasteiger partial charge in [-0.05, 0) is 42.2 Å². The number of amides is 2. The summed E-state index contributed by atoms with van der Waals surface area (Å²) in [4.78, 5) is 24.9. The van der Waals surface area contributed by atoms with Crippen LogP contribution in [0.3, 0.4) is 0 Å². The third-order valence-electron chi connectivity index (χ3n) is 6.81. The second-order valence-electron chi connectivity index (χ2n) is 9.24. The number of nitrogens with two attached hydrogens (primary N) is 1. The minimum absolute atomic E-state index is 0.0586. The third kappa shape index (κ3) is 3.87. The molecule has 34 heavy (non-hydrogen) atoms. The Morgan fingerprint density at radius 2 is 1.79 bits per heavy atom. The molecule has 2 aromatic heterocycles. The Morgan fingerprint density at radius 1 is 1.03 bits per heavy atom. The summed E-state index contributed by atoms with van der Waals surface area (Å²) < 4.78 is 1.83. The number of benzene rings is 2. The van der Waals surface area contributed by atoms with Gasteiger partial charge in [0.05, 0.1) is 0 Å². The summed E-state index contributed by atoms with van der Waals surface area (Å²) in [7, 11) is 0. The van der Waals surface area contributed by atoms with Crippen molar-refractivity contribution in [1.29, 1.82) is 0 Å². The van der Waals surface area contributed by atoms with Gasteiger partial charge in [0.2, 0.25) is 0 Å². The fraction of sp³-hybridized carbons (Fsp3) is 0.360. The first-order valence-corrected chi connectivity index (χ1v) is 11.9.